The molecule has 2 unspecified atom stereocenters. The molecule has 2 aromatic carbocycles. The molecular weight excluding hydrogens is 416 g/mol. The van der Waals surface area contributed by atoms with Crippen molar-refractivity contribution in [1.29, 1.82) is 0 Å². The lowest BCUT2D eigenvalue weighted by molar-refractivity contribution is -0.136. The van der Waals surface area contributed by atoms with Crippen molar-refractivity contribution in [3.05, 3.63) is 48.0 Å². The fraction of sp³-hybridized carbons (Fsp3) is 0.391. The van der Waals surface area contributed by atoms with Crippen LogP contribution in [0.25, 0.3) is 0 Å². The van der Waals surface area contributed by atoms with Gasteiger partial charge in [0.25, 0.3) is 0 Å². The summed E-state index contributed by atoms with van der Waals surface area (Å²) in [5.41, 5.74) is 1.69. The zero-order valence-electron chi connectivity index (χ0n) is 17.9. The Bertz CT molecular complexity index is 968. The minimum atomic E-state index is -0.361. The summed E-state index contributed by atoms with van der Waals surface area (Å²) in [7, 11) is 4.76. The van der Waals surface area contributed by atoms with Gasteiger partial charge in [0.15, 0.2) is 11.5 Å². The molecule has 0 N–H and O–H groups in total. The Hall–Kier alpha value is -2.87. The number of thioether (sulfide) groups is 1. The van der Waals surface area contributed by atoms with Crippen molar-refractivity contribution in [2.45, 2.75) is 11.8 Å². The molecule has 0 aromatic heterocycles. The molecule has 164 valence electrons. The lowest BCUT2D eigenvalue weighted by Crippen LogP contribution is -2.37. The van der Waals surface area contributed by atoms with Crippen molar-refractivity contribution in [3.8, 4) is 17.2 Å². The summed E-state index contributed by atoms with van der Waals surface area (Å²) in [5, 5.41) is -0.205. The lowest BCUT2D eigenvalue weighted by Gasteiger charge is -2.28. The van der Waals surface area contributed by atoms with Crippen molar-refractivity contribution in [2.75, 3.05) is 45.1 Å². The number of carbonyl (C=O) groups is 2. The van der Waals surface area contributed by atoms with Gasteiger partial charge in [0, 0.05) is 42.6 Å². The van der Waals surface area contributed by atoms with Gasteiger partial charge in [-0.3, -0.25) is 9.59 Å². The minimum absolute atomic E-state index is 0.00128. The van der Waals surface area contributed by atoms with Gasteiger partial charge in [-0.15, -0.1) is 11.8 Å². The number of carbonyl (C=O) groups excluding carboxylic acids is 2. The number of ether oxygens (including phenoxy) is 3. The highest BCUT2D eigenvalue weighted by Gasteiger charge is 2.41. The molecule has 2 aliphatic rings. The van der Waals surface area contributed by atoms with Crippen molar-refractivity contribution in [2.24, 2.45) is 5.92 Å². The number of amides is 2. The quantitative estimate of drug-likeness (QED) is 0.684. The third kappa shape index (κ3) is 4.04. The highest BCUT2D eigenvalue weighted by Crippen LogP contribution is 2.46. The number of rotatable bonds is 6. The van der Waals surface area contributed by atoms with E-state index in [1.54, 1.807) is 44.1 Å². The lowest BCUT2D eigenvalue weighted by atomic mass is 10.1. The SMILES string of the molecule is COc1cc(OC)c(C2SCCN2C(=O)C2CC(=O)N(c3ccccc3)C2)cc1OC. The molecule has 0 radical (unpaired) electrons. The molecule has 0 spiro atoms. The maximum absolute atomic E-state index is 13.5. The van der Waals surface area contributed by atoms with Gasteiger partial charge in [0.2, 0.25) is 11.8 Å². The summed E-state index contributed by atoms with van der Waals surface area (Å²) in [4.78, 5) is 29.6. The Morgan fingerprint density at radius 1 is 1.00 bits per heavy atom. The molecule has 2 fully saturated rings. The predicted octanol–water partition coefficient (Wildman–Crippen LogP) is 3.34. The highest BCUT2D eigenvalue weighted by atomic mass is 32.2. The first kappa shape index (κ1) is 21.4. The maximum Gasteiger partial charge on any atom is 0.229 e. The molecule has 2 atom stereocenters. The summed E-state index contributed by atoms with van der Waals surface area (Å²) in [5.74, 6) is 2.24. The summed E-state index contributed by atoms with van der Waals surface area (Å²) < 4.78 is 16.4. The molecule has 4 rings (SSSR count). The van der Waals surface area contributed by atoms with Gasteiger partial charge in [0.1, 0.15) is 11.1 Å². The number of benzene rings is 2. The third-order valence-corrected chi connectivity index (χ3v) is 6.96. The first-order valence-corrected chi connectivity index (χ1v) is 11.2. The third-order valence-electron chi connectivity index (χ3n) is 5.72. The molecule has 0 saturated carbocycles. The van der Waals surface area contributed by atoms with Crippen molar-refractivity contribution in [1.82, 2.24) is 4.90 Å². The predicted molar refractivity (Wildman–Crippen MR) is 120 cm³/mol. The van der Waals surface area contributed by atoms with Gasteiger partial charge in [-0.05, 0) is 18.2 Å². The first-order chi connectivity index (χ1) is 15.1. The van der Waals surface area contributed by atoms with E-state index in [4.69, 9.17) is 14.2 Å². The van der Waals surface area contributed by atoms with E-state index in [9.17, 15) is 9.59 Å². The largest absolute Gasteiger partial charge is 0.496 e. The maximum atomic E-state index is 13.5. The Morgan fingerprint density at radius 3 is 2.35 bits per heavy atom. The Balaban J connectivity index is 1.58. The smallest absolute Gasteiger partial charge is 0.229 e. The first-order valence-electron chi connectivity index (χ1n) is 10.1. The minimum Gasteiger partial charge on any atom is -0.496 e. The van der Waals surface area contributed by atoms with Crippen LogP contribution in [0.5, 0.6) is 17.2 Å². The number of nitrogens with zero attached hydrogens (tertiary/aromatic N) is 2. The number of hydrogen-bond acceptors (Lipinski definition) is 6. The number of methoxy groups -OCH3 is 3. The molecule has 0 bridgehead atoms. The molecule has 2 saturated heterocycles. The van der Waals surface area contributed by atoms with Gasteiger partial charge in [-0.2, -0.15) is 0 Å². The zero-order chi connectivity index (χ0) is 22.0. The molecule has 2 amide bonds. The van der Waals surface area contributed by atoms with Crippen LogP contribution in [-0.4, -0.2) is 56.9 Å². The number of hydrogen-bond donors (Lipinski definition) is 0. The topological polar surface area (TPSA) is 68.3 Å². The molecule has 7 nitrogen and oxygen atoms in total. The van der Waals surface area contributed by atoms with Crippen molar-refractivity contribution >= 4 is 29.3 Å². The van der Waals surface area contributed by atoms with Crippen LogP contribution in [0.2, 0.25) is 0 Å². The van der Waals surface area contributed by atoms with E-state index in [0.29, 0.717) is 30.3 Å². The van der Waals surface area contributed by atoms with Crippen LogP contribution in [-0.2, 0) is 9.59 Å². The van der Waals surface area contributed by atoms with Crippen LogP contribution >= 0.6 is 11.8 Å². The van der Waals surface area contributed by atoms with Crippen molar-refractivity contribution in [3.63, 3.8) is 0 Å². The van der Waals surface area contributed by atoms with Gasteiger partial charge in [-0.25, -0.2) is 0 Å². The second kappa shape index (κ2) is 9.09. The Morgan fingerprint density at radius 2 is 1.68 bits per heavy atom. The van der Waals surface area contributed by atoms with Gasteiger partial charge >= 0.3 is 0 Å². The average molecular weight is 443 g/mol. The number of anilines is 1. The molecular formula is C23H26N2O5S. The number of para-hydroxylation sites is 1. The van der Waals surface area contributed by atoms with Crippen LogP contribution in [0.3, 0.4) is 0 Å². The molecule has 2 aromatic rings. The van der Waals surface area contributed by atoms with Crippen LogP contribution in [0.1, 0.15) is 17.4 Å². The summed E-state index contributed by atoms with van der Waals surface area (Å²) in [6.45, 7) is 1.03. The second-order valence-corrected chi connectivity index (χ2v) is 8.63. The van der Waals surface area contributed by atoms with Gasteiger partial charge in [0.05, 0.1) is 27.2 Å². The summed E-state index contributed by atoms with van der Waals surface area (Å²) >= 11 is 1.68. The van der Waals surface area contributed by atoms with E-state index in [1.807, 2.05) is 41.3 Å². The highest BCUT2D eigenvalue weighted by molar-refractivity contribution is 7.99. The van der Waals surface area contributed by atoms with Crippen LogP contribution in [0.4, 0.5) is 5.69 Å². The average Bonchev–Trinajstić information content (AvgIpc) is 3.45. The molecule has 2 aliphatic heterocycles. The zero-order valence-corrected chi connectivity index (χ0v) is 18.7. The Labute approximate surface area is 186 Å². The second-order valence-electron chi connectivity index (χ2n) is 7.44. The van der Waals surface area contributed by atoms with Crippen LogP contribution < -0.4 is 19.1 Å². The molecule has 2 heterocycles. The monoisotopic (exact) mass is 442 g/mol. The van der Waals surface area contributed by atoms with E-state index in [-0.39, 0.29) is 29.5 Å². The van der Waals surface area contributed by atoms with Gasteiger partial charge < -0.3 is 24.0 Å². The molecule has 31 heavy (non-hydrogen) atoms. The standard InChI is InChI=1S/C23H26N2O5S/c1-28-18-13-20(30-3)19(29-2)12-17(18)23-24(9-10-31-23)22(27)15-11-21(26)25(14-15)16-7-5-4-6-8-16/h4-8,12-13,15,23H,9-11,14H2,1-3H3. The summed E-state index contributed by atoms with van der Waals surface area (Å²) in [6, 6.07) is 13.2. The van der Waals surface area contributed by atoms with E-state index in [1.165, 1.54) is 0 Å². The fourth-order valence-corrected chi connectivity index (χ4v) is 5.44. The molecule has 0 aliphatic carbocycles. The Kier molecular flexibility index (Phi) is 6.27. The summed E-state index contributed by atoms with van der Waals surface area (Å²) in [6.07, 6.45) is 0.227. The van der Waals surface area contributed by atoms with Crippen LogP contribution in [0, 0.1) is 5.92 Å². The van der Waals surface area contributed by atoms with E-state index in [2.05, 4.69) is 0 Å². The normalized spacial score (nSPS) is 20.8. The van der Waals surface area contributed by atoms with E-state index in [0.717, 1.165) is 17.0 Å². The van der Waals surface area contributed by atoms with E-state index >= 15 is 0 Å². The molecule has 8 heteroatoms. The van der Waals surface area contributed by atoms with E-state index < -0.39 is 0 Å². The van der Waals surface area contributed by atoms with Crippen molar-refractivity contribution < 1.29 is 23.8 Å². The fourth-order valence-electron chi connectivity index (χ4n) is 4.16. The van der Waals surface area contributed by atoms with Gasteiger partial charge in [-0.1, -0.05) is 18.2 Å². The van der Waals surface area contributed by atoms with Crippen LogP contribution in [0.15, 0.2) is 42.5 Å².